The number of ether oxygens (including phenoxy) is 1. The number of aryl methyl sites for hydroxylation is 3. The fourth-order valence-corrected chi connectivity index (χ4v) is 4.56. The van der Waals surface area contributed by atoms with Gasteiger partial charge in [0.25, 0.3) is 5.91 Å². The molecule has 0 aliphatic rings. The first-order chi connectivity index (χ1) is 15.0. The molecule has 0 N–H and O–H groups in total. The number of rotatable bonds is 8. The van der Waals surface area contributed by atoms with Crippen molar-refractivity contribution < 1.29 is 9.53 Å². The first-order valence-corrected chi connectivity index (χ1v) is 11.2. The van der Waals surface area contributed by atoms with Crippen molar-refractivity contribution in [2.24, 2.45) is 0 Å². The zero-order valence-electron chi connectivity index (χ0n) is 17.4. The van der Waals surface area contributed by atoms with E-state index in [9.17, 15) is 4.79 Å². The standard InChI is InChI=1S/C23H23ClN4O2S/c1-16-4-5-17(2)22-21(16)26-23(31-22)28(12-3-11-27-13-10-25-15-27)20(29)14-30-19-8-6-18(24)7-9-19/h4-10,13,15H,3,11-12,14H2,1-2H3. The van der Waals surface area contributed by atoms with E-state index < -0.39 is 0 Å². The first kappa shape index (κ1) is 21.3. The molecule has 2 aromatic carbocycles. The summed E-state index contributed by atoms with van der Waals surface area (Å²) in [6, 6.07) is 11.1. The van der Waals surface area contributed by atoms with Crippen LogP contribution in [0.1, 0.15) is 17.5 Å². The Balaban J connectivity index is 1.54. The highest BCUT2D eigenvalue weighted by Crippen LogP contribution is 2.33. The Labute approximate surface area is 190 Å². The lowest BCUT2D eigenvalue weighted by Crippen LogP contribution is -2.36. The van der Waals surface area contributed by atoms with Crippen LogP contribution in [-0.2, 0) is 11.3 Å². The monoisotopic (exact) mass is 454 g/mol. The second-order valence-electron chi connectivity index (χ2n) is 7.32. The normalized spacial score (nSPS) is 11.1. The molecule has 0 fully saturated rings. The minimum Gasteiger partial charge on any atom is -0.484 e. The van der Waals surface area contributed by atoms with Crippen molar-refractivity contribution in [1.82, 2.24) is 14.5 Å². The number of thiazole rings is 1. The zero-order valence-corrected chi connectivity index (χ0v) is 19.0. The fourth-order valence-electron chi connectivity index (χ4n) is 3.27. The average molecular weight is 455 g/mol. The predicted octanol–water partition coefficient (Wildman–Crippen LogP) is 5.27. The molecule has 0 spiro atoms. The van der Waals surface area contributed by atoms with E-state index in [0.29, 0.717) is 22.4 Å². The summed E-state index contributed by atoms with van der Waals surface area (Å²) in [5, 5.41) is 1.32. The third kappa shape index (κ3) is 5.06. The first-order valence-electron chi connectivity index (χ1n) is 10.0. The van der Waals surface area contributed by atoms with Gasteiger partial charge in [-0.25, -0.2) is 9.97 Å². The molecule has 1 amide bonds. The third-order valence-electron chi connectivity index (χ3n) is 5.00. The van der Waals surface area contributed by atoms with Gasteiger partial charge in [-0.1, -0.05) is 35.1 Å². The highest BCUT2D eigenvalue weighted by Gasteiger charge is 2.21. The molecule has 31 heavy (non-hydrogen) atoms. The van der Waals surface area contributed by atoms with Gasteiger partial charge in [0.05, 0.1) is 16.5 Å². The Morgan fingerprint density at radius 3 is 2.65 bits per heavy atom. The quantitative estimate of drug-likeness (QED) is 0.364. The van der Waals surface area contributed by atoms with Crippen LogP contribution in [0, 0.1) is 13.8 Å². The number of benzene rings is 2. The average Bonchev–Trinajstić information content (AvgIpc) is 3.44. The summed E-state index contributed by atoms with van der Waals surface area (Å²) in [5.41, 5.74) is 3.21. The molecule has 0 radical (unpaired) electrons. The smallest absolute Gasteiger partial charge is 0.266 e. The van der Waals surface area contributed by atoms with Crippen molar-refractivity contribution in [3.63, 3.8) is 0 Å². The van der Waals surface area contributed by atoms with Crippen LogP contribution in [0.3, 0.4) is 0 Å². The number of carbonyl (C=O) groups is 1. The second kappa shape index (κ2) is 9.49. The van der Waals surface area contributed by atoms with Crippen molar-refractivity contribution in [3.05, 3.63) is 71.3 Å². The summed E-state index contributed by atoms with van der Waals surface area (Å²) < 4.78 is 8.82. The Morgan fingerprint density at radius 1 is 1.16 bits per heavy atom. The lowest BCUT2D eigenvalue weighted by atomic mass is 10.1. The Morgan fingerprint density at radius 2 is 1.94 bits per heavy atom. The number of imidazole rings is 1. The number of anilines is 1. The van der Waals surface area contributed by atoms with Gasteiger partial charge >= 0.3 is 0 Å². The number of amides is 1. The summed E-state index contributed by atoms with van der Waals surface area (Å²) in [5.74, 6) is 0.474. The Bertz CT molecular complexity index is 1130. The lowest BCUT2D eigenvalue weighted by molar-refractivity contribution is -0.120. The molecule has 4 aromatic rings. The number of nitrogens with zero attached hydrogens (tertiary/aromatic N) is 4. The molecule has 0 atom stereocenters. The lowest BCUT2D eigenvalue weighted by Gasteiger charge is -2.20. The molecule has 2 aromatic heterocycles. The summed E-state index contributed by atoms with van der Waals surface area (Å²) in [6.45, 7) is 5.35. The molecule has 4 rings (SSSR count). The van der Waals surface area contributed by atoms with Gasteiger partial charge in [0, 0.05) is 30.5 Å². The van der Waals surface area contributed by atoms with Crippen molar-refractivity contribution in [1.29, 1.82) is 0 Å². The third-order valence-corrected chi connectivity index (χ3v) is 6.46. The van der Waals surface area contributed by atoms with E-state index >= 15 is 0 Å². The second-order valence-corrected chi connectivity index (χ2v) is 8.73. The fraction of sp³-hybridized carbons (Fsp3) is 0.261. The van der Waals surface area contributed by atoms with Gasteiger partial charge in [-0.3, -0.25) is 9.69 Å². The van der Waals surface area contributed by atoms with Crippen LogP contribution in [0.4, 0.5) is 5.13 Å². The minimum atomic E-state index is -0.130. The number of hydrogen-bond donors (Lipinski definition) is 0. The maximum Gasteiger partial charge on any atom is 0.266 e. The van der Waals surface area contributed by atoms with E-state index in [1.807, 2.05) is 17.7 Å². The molecule has 0 saturated heterocycles. The molecule has 2 heterocycles. The van der Waals surface area contributed by atoms with Crippen LogP contribution in [0.5, 0.6) is 5.75 Å². The molecule has 0 aliphatic carbocycles. The summed E-state index contributed by atoms with van der Waals surface area (Å²) in [4.78, 5) is 23.8. The maximum absolute atomic E-state index is 13.1. The van der Waals surface area contributed by atoms with Crippen molar-refractivity contribution in [2.75, 3.05) is 18.1 Å². The molecule has 0 saturated carbocycles. The molecular weight excluding hydrogens is 432 g/mol. The van der Waals surface area contributed by atoms with Gasteiger partial charge in [-0.15, -0.1) is 0 Å². The van der Waals surface area contributed by atoms with E-state index in [1.165, 1.54) is 0 Å². The number of aromatic nitrogens is 3. The van der Waals surface area contributed by atoms with Crippen molar-refractivity contribution in [3.8, 4) is 5.75 Å². The van der Waals surface area contributed by atoms with E-state index in [1.54, 1.807) is 53.0 Å². The topological polar surface area (TPSA) is 60.2 Å². The van der Waals surface area contributed by atoms with E-state index in [-0.39, 0.29) is 12.5 Å². The SMILES string of the molecule is Cc1ccc(C)c2sc(N(CCCn3ccnc3)C(=O)COc3ccc(Cl)cc3)nc12. The predicted molar refractivity (Wildman–Crippen MR) is 125 cm³/mol. The number of halogens is 1. The van der Waals surface area contributed by atoms with E-state index in [2.05, 4.69) is 24.0 Å². The molecule has 0 bridgehead atoms. The molecule has 0 aliphatic heterocycles. The highest BCUT2D eigenvalue weighted by atomic mass is 35.5. The summed E-state index contributed by atoms with van der Waals surface area (Å²) in [7, 11) is 0. The van der Waals surface area contributed by atoms with Gasteiger partial charge in [0.15, 0.2) is 11.7 Å². The van der Waals surface area contributed by atoms with Crippen LogP contribution in [0.25, 0.3) is 10.2 Å². The molecule has 8 heteroatoms. The highest BCUT2D eigenvalue weighted by molar-refractivity contribution is 7.22. The van der Waals surface area contributed by atoms with Crippen molar-refractivity contribution in [2.45, 2.75) is 26.8 Å². The Hall–Kier alpha value is -2.90. The molecule has 0 unspecified atom stereocenters. The van der Waals surface area contributed by atoms with E-state index in [0.717, 1.165) is 34.3 Å². The molecule has 6 nitrogen and oxygen atoms in total. The largest absolute Gasteiger partial charge is 0.484 e. The molecular formula is C23H23ClN4O2S. The minimum absolute atomic E-state index is 0.0689. The summed E-state index contributed by atoms with van der Waals surface area (Å²) >= 11 is 7.47. The van der Waals surface area contributed by atoms with Crippen LogP contribution >= 0.6 is 22.9 Å². The number of carbonyl (C=O) groups excluding carboxylic acids is 1. The van der Waals surface area contributed by atoms with Gasteiger partial charge < -0.3 is 9.30 Å². The number of hydrogen-bond acceptors (Lipinski definition) is 5. The zero-order chi connectivity index (χ0) is 21.8. The van der Waals surface area contributed by atoms with Crippen LogP contribution in [0.2, 0.25) is 5.02 Å². The molecule has 160 valence electrons. The van der Waals surface area contributed by atoms with Crippen molar-refractivity contribution >= 4 is 44.2 Å². The van der Waals surface area contributed by atoms with Crippen LogP contribution in [-0.4, -0.2) is 33.6 Å². The maximum atomic E-state index is 13.1. The van der Waals surface area contributed by atoms with E-state index in [4.69, 9.17) is 21.3 Å². The van der Waals surface area contributed by atoms with Gasteiger partial charge in [0.2, 0.25) is 0 Å². The van der Waals surface area contributed by atoms with Gasteiger partial charge in [0.1, 0.15) is 5.75 Å². The van der Waals surface area contributed by atoms with Crippen LogP contribution < -0.4 is 9.64 Å². The van der Waals surface area contributed by atoms with Crippen LogP contribution in [0.15, 0.2) is 55.1 Å². The van der Waals surface area contributed by atoms with Gasteiger partial charge in [-0.2, -0.15) is 0 Å². The number of fused-ring (bicyclic) bond motifs is 1. The Kier molecular flexibility index (Phi) is 6.53. The summed E-state index contributed by atoms with van der Waals surface area (Å²) in [6.07, 6.45) is 6.22. The van der Waals surface area contributed by atoms with Gasteiger partial charge in [-0.05, 0) is 55.7 Å².